The lowest BCUT2D eigenvalue weighted by Gasteiger charge is -2.49. The Morgan fingerprint density at radius 3 is 2.33 bits per heavy atom. The van der Waals surface area contributed by atoms with Gasteiger partial charge in [0.15, 0.2) is 6.61 Å². The Morgan fingerprint density at radius 1 is 1.04 bits per heavy atom. The summed E-state index contributed by atoms with van der Waals surface area (Å²) in [6, 6.07) is 14.8. The molecular weight excluding hydrogens is 383 g/mol. The second kappa shape index (κ2) is 8.09. The predicted octanol–water partition coefficient (Wildman–Crippen LogP) is 4.50. The van der Waals surface area contributed by atoms with E-state index in [1.807, 2.05) is 41.3 Å². The summed E-state index contributed by atoms with van der Waals surface area (Å²) >= 11 is 12.6. The molecule has 2 aromatic rings. The third-order valence-corrected chi connectivity index (χ3v) is 6.15. The molecule has 142 valence electrons. The quantitative estimate of drug-likeness (QED) is 0.735. The molecule has 1 atom stereocenters. The van der Waals surface area contributed by atoms with Gasteiger partial charge in [-0.25, -0.2) is 0 Å². The summed E-state index contributed by atoms with van der Waals surface area (Å²) in [7, 11) is 0. The maximum Gasteiger partial charge on any atom is 0.265 e. The first-order valence-corrected chi connectivity index (χ1v) is 10.1. The Labute approximate surface area is 169 Å². The smallest absolute Gasteiger partial charge is 0.265 e. The van der Waals surface area contributed by atoms with Crippen LogP contribution >= 0.6 is 23.2 Å². The normalized spacial score (nSPS) is 23.9. The highest BCUT2D eigenvalue weighted by molar-refractivity contribution is 6.34. The average molecular weight is 405 g/mol. The van der Waals surface area contributed by atoms with Crippen LogP contribution in [-0.4, -0.2) is 43.1 Å². The summed E-state index contributed by atoms with van der Waals surface area (Å²) in [4.78, 5) is 17.5. The Hall–Kier alpha value is -1.75. The molecule has 3 saturated heterocycles. The monoisotopic (exact) mass is 404 g/mol. The number of hydrogen-bond acceptors (Lipinski definition) is 3. The summed E-state index contributed by atoms with van der Waals surface area (Å²) in [5, 5.41) is 1.08. The maximum atomic E-state index is 13.2. The van der Waals surface area contributed by atoms with Crippen LogP contribution in [0.3, 0.4) is 0 Å². The van der Waals surface area contributed by atoms with Gasteiger partial charge in [0, 0.05) is 6.54 Å². The molecule has 5 rings (SSSR count). The number of amides is 1. The second-order valence-corrected chi connectivity index (χ2v) is 7.95. The molecule has 0 spiro atoms. The van der Waals surface area contributed by atoms with E-state index in [4.69, 9.17) is 27.9 Å². The van der Waals surface area contributed by atoms with Crippen LogP contribution in [0.4, 0.5) is 5.69 Å². The number of carbonyl (C=O) groups is 1. The minimum absolute atomic E-state index is 0.0713. The molecule has 0 saturated carbocycles. The van der Waals surface area contributed by atoms with Gasteiger partial charge in [0.05, 0.1) is 21.8 Å². The van der Waals surface area contributed by atoms with Crippen molar-refractivity contribution in [1.82, 2.24) is 4.90 Å². The molecule has 4 nitrogen and oxygen atoms in total. The first-order chi connectivity index (χ1) is 13.1. The van der Waals surface area contributed by atoms with Crippen molar-refractivity contribution in [3.63, 3.8) is 0 Å². The highest BCUT2D eigenvalue weighted by Gasteiger charge is 2.40. The van der Waals surface area contributed by atoms with Crippen molar-refractivity contribution in [3.05, 3.63) is 58.6 Å². The Kier molecular flexibility index (Phi) is 5.58. The summed E-state index contributed by atoms with van der Waals surface area (Å²) in [5.41, 5.74) is 0.755. The van der Waals surface area contributed by atoms with Crippen molar-refractivity contribution in [2.75, 3.05) is 31.1 Å². The molecule has 2 bridgehead atoms. The van der Waals surface area contributed by atoms with Crippen molar-refractivity contribution < 1.29 is 9.53 Å². The first kappa shape index (κ1) is 18.6. The molecule has 1 unspecified atom stereocenters. The number of benzene rings is 2. The zero-order valence-corrected chi connectivity index (χ0v) is 16.5. The molecular formula is C21H22Cl2N2O2. The second-order valence-electron chi connectivity index (χ2n) is 7.14. The van der Waals surface area contributed by atoms with Crippen LogP contribution in [0.2, 0.25) is 10.0 Å². The van der Waals surface area contributed by atoms with Gasteiger partial charge in [-0.3, -0.25) is 4.79 Å². The third kappa shape index (κ3) is 3.93. The van der Waals surface area contributed by atoms with Crippen LogP contribution in [0.15, 0.2) is 48.5 Å². The van der Waals surface area contributed by atoms with E-state index in [2.05, 4.69) is 4.90 Å². The highest BCUT2D eigenvalue weighted by Crippen LogP contribution is 2.36. The van der Waals surface area contributed by atoms with Crippen molar-refractivity contribution in [3.8, 4) is 5.75 Å². The molecule has 27 heavy (non-hydrogen) atoms. The fourth-order valence-corrected chi connectivity index (χ4v) is 4.56. The molecule has 6 heteroatoms. The minimum atomic E-state index is -0.0956. The van der Waals surface area contributed by atoms with Gasteiger partial charge in [-0.15, -0.1) is 0 Å². The Morgan fingerprint density at radius 2 is 1.70 bits per heavy atom. The highest BCUT2D eigenvalue weighted by atomic mass is 35.5. The number of anilines is 1. The van der Waals surface area contributed by atoms with Crippen molar-refractivity contribution >= 4 is 34.8 Å². The van der Waals surface area contributed by atoms with Crippen molar-refractivity contribution in [2.24, 2.45) is 5.92 Å². The molecule has 1 amide bonds. The largest absolute Gasteiger partial charge is 0.482 e. The van der Waals surface area contributed by atoms with E-state index in [1.165, 1.54) is 0 Å². The van der Waals surface area contributed by atoms with E-state index in [0.29, 0.717) is 21.7 Å². The number of hydrogen-bond donors (Lipinski definition) is 0. The van der Waals surface area contributed by atoms with E-state index in [-0.39, 0.29) is 18.6 Å². The minimum Gasteiger partial charge on any atom is -0.482 e. The molecule has 3 aliphatic rings. The van der Waals surface area contributed by atoms with Crippen molar-refractivity contribution in [1.29, 1.82) is 0 Å². The number of nitrogens with zero attached hydrogens (tertiary/aromatic N) is 2. The van der Waals surface area contributed by atoms with E-state index < -0.39 is 0 Å². The van der Waals surface area contributed by atoms with E-state index >= 15 is 0 Å². The van der Waals surface area contributed by atoms with E-state index in [1.54, 1.807) is 12.1 Å². The summed E-state index contributed by atoms with van der Waals surface area (Å²) < 4.78 is 5.73. The summed E-state index contributed by atoms with van der Waals surface area (Å²) in [6.07, 6.45) is 2.23. The van der Waals surface area contributed by atoms with Crippen LogP contribution in [-0.2, 0) is 4.79 Å². The Balaban J connectivity index is 1.59. The average Bonchev–Trinajstić information content (AvgIpc) is 2.70. The molecule has 0 radical (unpaired) electrons. The van der Waals surface area contributed by atoms with Gasteiger partial charge in [0.2, 0.25) is 0 Å². The SMILES string of the molecule is O=C(COc1ccccc1Cl)N(c1ccccc1Cl)C1CN2CCC1CC2. The number of piperidine rings is 3. The predicted molar refractivity (Wildman–Crippen MR) is 109 cm³/mol. The van der Waals surface area contributed by atoms with Gasteiger partial charge < -0.3 is 14.5 Å². The van der Waals surface area contributed by atoms with E-state index in [9.17, 15) is 4.79 Å². The van der Waals surface area contributed by atoms with Gasteiger partial charge in [-0.05, 0) is 56.1 Å². The number of rotatable bonds is 5. The fraction of sp³-hybridized carbons (Fsp3) is 0.381. The molecule has 3 heterocycles. The zero-order chi connectivity index (χ0) is 18.8. The molecule has 0 N–H and O–H groups in total. The van der Waals surface area contributed by atoms with Crippen LogP contribution in [0.1, 0.15) is 12.8 Å². The molecule has 3 fully saturated rings. The van der Waals surface area contributed by atoms with E-state index in [0.717, 1.165) is 38.2 Å². The molecule has 0 aromatic heterocycles. The molecule has 0 aliphatic carbocycles. The van der Waals surface area contributed by atoms with Gasteiger partial charge >= 0.3 is 0 Å². The lowest BCUT2D eigenvalue weighted by Crippen LogP contribution is -2.59. The third-order valence-electron chi connectivity index (χ3n) is 5.52. The number of carbonyl (C=O) groups excluding carboxylic acids is 1. The van der Waals surface area contributed by atoms with Crippen LogP contribution < -0.4 is 9.64 Å². The topological polar surface area (TPSA) is 32.8 Å². The molecule has 2 aromatic carbocycles. The number of ether oxygens (including phenoxy) is 1. The van der Waals surface area contributed by atoms with Gasteiger partial charge in [-0.1, -0.05) is 47.5 Å². The van der Waals surface area contributed by atoms with Crippen molar-refractivity contribution in [2.45, 2.75) is 18.9 Å². The fourth-order valence-electron chi connectivity index (χ4n) is 4.14. The molecule has 3 aliphatic heterocycles. The number of fused-ring (bicyclic) bond motifs is 3. The van der Waals surface area contributed by atoms with Gasteiger partial charge in [-0.2, -0.15) is 0 Å². The van der Waals surface area contributed by atoms with Crippen LogP contribution in [0, 0.1) is 5.92 Å². The van der Waals surface area contributed by atoms with Gasteiger partial charge in [0.25, 0.3) is 5.91 Å². The Bertz CT molecular complexity index is 821. The van der Waals surface area contributed by atoms with Gasteiger partial charge in [0.1, 0.15) is 5.75 Å². The number of halogens is 2. The zero-order valence-electron chi connectivity index (χ0n) is 15.0. The van der Waals surface area contributed by atoms with Crippen LogP contribution in [0.25, 0.3) is 0 Å². The summed E-state index contributed by atoms with van der Waals surface area (Å²) in [5.74, 6) is 0.915. The lowest BCUT2D eigenvalue weighted by molar-refractivity contribution is -0.122. The summed E-state index contributed by atoms with van der Waals surface area (Å²) in [6.45, 7) is 3.04. The maximum absolute atomic E-state index is 13.2. The first-order valence-electron chi connectivity index (χ1n) is 9.30. The van der Waals surface area contributed by atoms with Crippen LogP contribution in [0.5, 0.6) is 5.75 Å². The number of para-hydroxylation sites is 2. The lowest BCUT2D eigenvalue weighted by atomic mass is 9.83. The standard InChI is InChI=1S/C21H22Cl2N2O2/c22-16-5-1-3-7-18(16)25(19-13-24-11-9-15(19)10-12-24)21(26)14-27-20-8-4-2-6-17(20)23/h1-8,15,19H,9-14H2.